The predicted octanol–water partition coefficient (Wildman–Crippen LogP) is 3.17. The zero-order valence-corrected chi connectivity index (χ0v) is 12.7. The molecule has 1 heterocycles. The first-order chi connectivity index (χ1) is 9.05. The summed E-state index contributed by atoms with van der Waals surface area (Å²) in [5.74, 6) is 0.185. The molecule has 0 amide bonds. The number of hydrogen-bond donors (Lipinski definition) is 1. The molecule has 0 bridgehead atoms. The highest BCUT2D eigenvalue weighted by molar-refractivity contribution is 7.13. The van der Waals surface area contributed by atoms with E-state index in [2.05, 4.69) is 18.8 Å². The molecule has 4 nitrogen and oxygen atoms in total. The van der Waals surface area contributed by atoms with Crippen LogP contribution in [0.25, 0.3) is 0 Å². The highest BCUT2D eigenvalue weighted by Crippen LogP contribution is 2.44. The van der Waals surface area contributed by atoms with E-state index in [1.165, 1.54) is 11.3 Å². The third-order valence-corrected chi connectivity index (χ3v) is 5.04. The summed E-state index contributed by atoms with van der Waals surface area (Å²) < 4.78 is 5.13. The van der Waals surface area contributed by atoms with Crippen molar-refractivity contribution in [2.24, 2.45) is 5.73 Å². The van der Waals surface area contributed by atoms with Gasteiger partial charge in [0.2, 0.25) is 0 Å². The largest absolute Gasteiger partial charge is 0.462 e. The van der Waals surface area contributed by atoms with Gasteiger partial charge in [0, 0.05) is 5.92 Å². The molecular weight excluding hydrogens is 260 g/mol. The summed E-state index contributed by atoms with van der Waals surface area (Å²) in [5.41, 5.74) is 6.89. The lowest BCUT2D eigenvalue weighted by atomic mass is 9.95. The Morgan fingerprint density at radius 1 is 1.42 bits per heavy atom. The fourth-order valence-electron chi connectivity index (χ4n) is 2.07. The molecule has 2 rings (SSSR count). The molecule has 1 fully saturated rings. The van der Waals surface area contributed by atoms with Crippen molar-refractivity contribution in [2.75, 3.05) is 6.61 Å². The molecule has 1 aliphatic carbocycles. The van der Waals surface area contributed by atoms with Gasteiger partial charge in [-0.1, -0.05) is 13.8 Å². The van der Waals surface area contributed by atoms with Crippen molar-refractivity contribution in [3.8, 4) is 0 Å². The number of carbonyl (C=O) groups excluding carboxylic acids is 1. The van der Waals surface area contributed by atoms with E-state index in [1.807, 2.05) is 6.92 Å². The van der Waals surface area contributed by atoms with Crippen LogP contribution in [0.15, 0.2) is 0 Å². The summed E-state index contributed by atoms with van der Waals surface area (Å²) in [6.07, 6.45) is 3.88. The molecule has 0 aromatic carbocycles. The smallest absolute Gasteiger partial charge is 0.350 e. The molecular formula is C14H22N2O2S. The minimum atomic E-state index is -0.418. The van der Waals surface area contributed by atoms with Crippen LogP contribution in [0.5, 0.6) is 0 Å². The van der Waals surface area contributed by atoms with Gasteiger partial charge in [-0.15, -0.1) is 11.3 Å². The summed E-state index contributed by atoms with van der Waals surface area (Å²) in [7, 11) is 0. The van der Waals surface area contributed by atoms with Gasteiger partial charge in [0.1, 0.15) is 9.88 Å². The lowest BCUT2D eigenvalue weighted by Gasteiger charge is -2.23. The molecule has 0 aliphatic heterocycles. The highest BCUT2D eigenvalue weighted by atomic mass is 32.1. The van der Waals surface area contributed by atoms with E-state index in [-0.39, 0.29) is 5.97 Å². The Morgan fingerprint density at radius 3 is 2.53 bits per heavy atom. The van der Waals surface area contributed by atoms with E-state index in [1.54, 1.807) is 0 Å². The first kappa shape index (κ1) is 14.5. The molecule has 19 heavy (non-hydrogen) atoms. The maximum atomic E-state index is 12.0. The van der Waals surface area contributed by atoms with Gasteiger partial charge in [-0.05, 0) is 32.6 Å². The van der Waals surface area contributed by atoms with Crippen molar-refractivity contribution >= 4 is 17.3 Å². The molecule has 1 aliphatic rings. The number of aromatic nitrogens is 1. The van der Waals surface area contributed by atoms with Crippen molar-refractivity contribution in [3.05, 3.63) is 15.6 Å². The first-order valence-corrected chi connectivity index (χ1v) is 7.84. The van der Waals surface area contributed by atoms with E-state index in [0.717, 1.165) is 36.4 Å². The molecule has 0 saturated heterocycles. The summed E-state index contributed by atoms with van der Waals surface area (Å²) >= 11 is 1.42. The SMILES string of the molecule is CCOC(=O)c1sc(C(N)(CC)CC)nc1C1CC1. The van der Waals surface area contributed by atoms with Crippen molar-refractivity contribution in [1.82, 2.24) is 4.98 Å². The zero-order chi connectivity index (χ0) is 14.0. The maximum Gasteiger partial charge on any atom is 0.350 e. The molecule has 1 aromatic heterocycles. The van der Waals surface area contributed by atoms with Crippen molar-refractivity contribution in [3.63, 3.8) is 0 Å². The van der Waals surface area contributed by atoms with Gasteiger partial charge in [0.15, 0.2) is 0 Å². The monoisotopic (exact) mass is 282 g/mol. The Balaban J connectivity index is 2.37. The predicted molar refractivity (Wildman–Crippen MR) is 76.5 cm³/mol. The number of nitrogens with zero attached hydrogens (tertiary/aromatic N) is 1. The maximum absolute atomic E-state index is 12.0. The number of thiazole rings is 1. The number of esters is 1. The van der Waals surface area contributed by atoms with Crippen LogP contribution in [0.4, 0.5) is 0 Å². The van der Waals surface area contributed by atoms with Gasteiger partial charge in [-0.3, -0.25) is 0 Å². The summed E-state index contributed by atoms with van der Waals surface area (Å²) in [6.45, 7) is 6.34. The minimum absolute atomic E-state index is 0.247. The summed E-state index contributed by atoms with van der Waals surface area (Å²) in [6, 6.07) is 0. The van der Waals surface area contributed by atoms with Crippen LogP contribution in [0.2, 0.25) is 0 Å². The van der Waals surface area contributed by atoms with Crippen molar-refractivity contribution < 1.29 is 9.53 Å². The van der Waals surface area contributed by atoms with E-state index < -0.39 is 5.54 Å². The second kappa shape index (κ2) is 5.59. The third-order valence-electron chi connectivity index (χ3n) is 3.77. The Kier molecular flexibility index (Phi) is 4.26. The molecule has 1 saturated carbocycles. The Morgan fingerprint density at radius 2 is 2.05 bits per heavy atom. The van der Waals surface area contributed by atoms with Crippen LogP contribution in [0, 0.1) is 0 Å². The standard InChI is InChI=1S/C14H22N2O2S/c1-4-14(15,5-2)13-16-10(9-7-8-9)11(19-13)12(17)18-6-3/h9H,4-8,15H2,1-3H3. The summed E-state index contributed by atoms with van der Waals surface area (Å²) in [4.78, 5) is 17.4. The van der Waals surface area contributed by atoms with Crippen LogP contribution in [0.1, 0.15) is 72.7 Å². The lowest BCUT2D eigenvalue weighted by molar-refractivity contribution is 0.0530. The fourth-order valence-corrected chi connectivity index (χ4v) is 3.36. The van der Waals surface area contributed by atoms with Gasteiger partial charge >= 0.3 is 5.97 Å². The molecule has 5 heteroatoms. The number of nitrogens with two attached hydrogens (primary N) is 1. The van der Waals surface area contributed by atoms with Crippen LogP contribution in [0.3, 0.4) is 0 Å². The van der Waals surface area contributed by atoms with Gasteiger partial charge in [0.25, 0.3) is 0 Å². The molecule has 1 aromatic rings. The van der Waals surface area contributed by atoms with E-state index in [0.29, 0.717) is 17.4 Å². The average molecular weight is 282 g/mol. The summed E-state index contributed by atoms with van der Waals surface area (Å²) in [5, 5.41) is 0.877. The highest BCUT2D eigenvalue weighted by Gasteiger charge is 2.36. The molecule has 2 N–H and O–H groups in total. The number of hydrogen-bond acceptors (Lipinski definition) is 5. The fraction of sp³-hybridized carbons (Fsp3) is 0.714. The van der Waals surface area contributed by atoms with E-state index >= 15 is 0 Å². The Bertz CT molecular complexity index is 462. The molecule has 0 atom stereocenters. The number of ether oxygens (including phenoxy) is 1. The van der Waals surface area contributed by atoms with Gasteiger partial charge in [-0.25, -0.2) is 9.78 Å². The topological polar surface area (TPSA) is 65.2 Å². The molecule has 0 spiro atoms. The second-order valence-electron chi connectivity index (χ2n) is 5.09. The zero-order valence-electron chi connectivity index (χ0n) is 11.9. The lowest BCUT2D eigenvalue weighted by Crippen LogP contribution is -2.34. The van der Waals surface area contributed by atoms with Crippen LogP contribution in [-0.4, -0.2) is 17.6 Å². The van der Waals surface area contributed by atoms with Crippen molar-refractivity contribution in [2.45, 2.75) is 57.9 Å². The van der Waals surface area contributed by atoms with Crippen LogP contribution < -0.4 is 5.73 Å². The quantitative estimate of drug-likeness (QED) is 0.814. The van der Waals surface area contributed by atoms with Gasteiger partial charge in [-0.2, -0.15) is 0 Å². The normalized spacial score (nSPS) is 15.6. The third kappa shape index (κ3) is 2.82. The van der Waals surface area contributed by atoms with Gasteiger partial charge < -0.3 is 10.5 Å². The van der Waals surface area contributed by atoms with Crippen LogP contribution >= 0.6 is 11.3 Å². The number of carbonyl (C=O) groups is 1. The second-order valence-corrected chi connectivity index (χ2v) is 6.09. The van der Waals surface area contributed by atoms with E-state index in [4.69, 9.17) is 10.5 Å². The first-order valence-electron chi connectivity index (χ1n) is 7.02. The number of rotatable bonds is 6. The Hall–Kier alpha value is -0.940. The van der Waals surface area contributed by atoms with Gasteiger partial charge in [0.05, 0.1) is 17.8 Å². The minimum Gasteiger partial charge on any atom is -0.462 e. The van der Waals surface area contributed by atoms with Crippen LogP contribution in [-0.2, 0) is 10.3 Å². The average Bonchev–Trinajstić information content (AvgIpc) is 3.16. The molecule has 0 radical (unpaired) electrons. The van der Waals surface area contributed by atoms with E-state index in [9.17, 15) is 4.79 Å². The molecule has 0 unspecified atom stereocenters. The Labute approximate surface area is 118 Å². The molecule has 106 valence electrons. The van der Waals surface area contributed by atoms with Crippen molar-refractivity contribution in [1.29, 1.82) is 0 Å².